The molecular formula is C12H23N3O2. The van der Waals surface area contributed by atoms with Crippen molar-refractivity contribution in [2.24, 2.45) is 11.7 Å². The van der Waals surface area contributed by atoms with Gasteiger partial charge in [-0.05, 0) is 25.8 Å². The van der Waals surface area contributed by atoms with Crippen molar-refractivity contribution in [2.45, 2.75) is 39.2 Å². The molecule has 0 radical (unpaired) electrons. The van der Waals surface area contributed by atoms with Gasteiger partial charge in [-0.2, -0.15) is 0 Å². The summed E-state index contributed by atoms with van der Waals surface area (Å²) >= 11 is 0. The highest BCUT2D eigenvalue weighted by Gasteiger charge is 2.32. The maximum Gasteiger partial charge on any atom is 0.240 e. The molecule has 1 fully saturated rings. The lowest BCUT2D eigenvalue weighted by molar-refractivity contribution is -0.143. The maximum absolute atomic E-state index is 12.2. The van der Waals surface area contributed by atoms with Crippen LogP contribution in [0.15, 0.2) is 0 Å². The molecule has 0 aromatic rings. The number of hydrogen-bond acceptors (Lipinski definition) is 3. The third-order valence-corrected chi connectivity index (χ3v) is 3.24. The first-order chi connectivity index (χ1) is 8.07. The van der Waals surface area contributed by atoms with Crippen molar-refractivity contribution in [1.29, 1.82) is 0 Å². The third kappa shape index (κ3) is 3.70. The Morgan fingerprint density at radius 2 is 2.18 bits per heavy atom. The van der Waals surface area contributed by atoms with Gasteiger partial charge in [0.1, 0.15) is 6.04 Å². The molecule has 3 N–H and O–H groups in total. The van der Waals surface area contributed by atoms with Crippen LogP contribution in [0.3, 0.4) is 0 Å². The summed E-state index contributed by atoms with van der Waals surface area (Å²) in [6.07, 6.45) is 2.64. The van der Waals surface area contributed by atoms with Crippen LogP contribution >= 0.6 is 0 Å². The summed E-state index contributed by atoms with van der Waals surface area (Å²) in [6.45, 7) is 6.04. The molecule has 0 aromatic carbocycles. The van der Waals surface area contributed by atoms with Crippen LogP contribution in [-0.2, 0) is 9.59 Å². The van der Waals surface area contributed by atoms with Crippen molar-refractivity contribution in [1.82, 2.24) is 10.2 Å². The number of nitrogens with two attached hydrogens (primary N) is 1. The fourth-order valence-electron chi connectivity index (χ4n) is 2.22. The summed E-state index contributed by atoms with van der Waals surface area (Å²) in [5.41, 5.74) is 5.35. The van der Waals surface area contributed by atoms with E-state index in [9.17, 15) is 9.59 Å². The lowest BCUT2D eigenvalue weighted by Crippen LogP contribution is -2.52. The number of piperidine rings is 1. The van der Waals surface area contributed by atoms with Crippen LogP contribution in [0.1, 0.15) is 33.1 Å². The molecule has 0 spiro atoms. The first-order valence-corrected chi connectivity index (χ1v) is 6.38. The largest absolute Gasteiger partial charge is 0.368 e. The van der Waals surface area contributed by atoms with Crippen molar-refractivity contribution < 1.29 is 9.59 Å². The second-order valence-electron chi connectivity index (χ2n) is 4.65. The smallest absolute Gasteiger partial charge is 0.240 e. The van der Waals surface area contributed by atoms with E-state index < -0.39 is 6.04 Å². The van der Waals surface area contributed by atoms with Crippen molar-refractivity contribution in [3.63, 3.8) is 0 Å². The number of amides is 2. The lowest BCUT2D eigenvalue weighted by Gasteiger charge is -2.35. The molecule has 1 rings (SSSR count). The highest BCUT2D eigenvalue weighted by atomic mass is 16.2. The maximum atomic E-state index is 12.2. The molecule has 5 heteroatoms. The fourth-order valence-corrected chi connectivity index (χ4v) is 2.22. The minimum Gasteiger partial charge on any atom is -0.368 e. The van der Waals surface area contributed by atoms with E-state index in [1.165, 1.54) is 0 Å². The molecule has 0 aromatic heterocycles. The first kappa shape index (κ1) is 14.0. The van der Waals surface area contributed by atoms with E-state index in [0.29, 0.717) is 19.5 Å². The average molecular weight is 241 g/mol. The van der Waals surface area contributed by atoms with Gasteiger partial charge in [0.15, 0.2) is 0 Å². The van der Waals surface area contributed by atoms with Gasteiger partial charge in [-0.1, -0.05) is 13.8 Å². The Morgan fingerprint density at radius 1 is 1.47 bits per heavy atom. The number of likely N-dealkylation sites (tertiary alicyclic amines) is 1. The second-order valence-corrected chi connectivity index (χ2v) is 4.65. The van der Waals surface area contributed by atoms with Gasteiger partial charge in [-0.3, -0.25) is 9.59 Å². The number of nitrogens with zero attached hydrogens (tertiary/aromatic N) is 1. The molecule has 1 saturated heterocycles. The molecule has 98 valence electrons. The number of hydrogen-bond donors (Lipinski definition) is 2. The van der Waals surface area contributed by atoms with Crippen molar-refractivity contribution >= 4 is 11.8 Å². The van der Waals surface area contributed by atoms with E-state index >= 15 is 0 Å². The minimum absolute atomic E-state index is 0.0365. The van der Waals surface area contributed by atoms with Gasteiger partial charge in [0.05, 0.1) is 0 Å². The molecule has 5 nitrogen and oxygen atoms in total. The number of primary amides is 1. The van der Waals surface area contributed by atoms with E-state index in [1.807, 2.05) is 13.8 Å². The SMILES string of the molecule is CCNCC(C)C(=O)N1CCCCC1C(N)=O. The van der Waals surface area contributed by atoms with Gasteiger partial charge < -0.3 is 16.0 Å². The zero-order chi connectivity index (χ0) is 12.8. The van der Waals surface area contributed by atoms with E-state index in [-0.39, 0.29) is 17.7 Å². The molecule has 1 aliphatic heterocycles. The van der Waals surface area contributed by atoms with Crippen molar-refractivity contribution in [3.05, 3.63) is 0 Å². The summed E-state index contributed by atoms with van der Waals surface area (Å²) in [7, 11) is 0. The van der Waals surface area contributed by atoms with E-state index in [2.05, 4.69) is 5.32 Å². The Labute approximate surface area is 103 Å². The van der Waals surface area contributed by atoms with Gasteiger partial charge in [0.2, 0.25) is 11.8 Å². The van der Waals surface area contributed by atoms with Gasteiger partial charge in [-0.25, -0.2) is 0 Å². The molecule has 1 aliphatic rings. The quantitative estimate of drug-likeness (QED) is 0.716. The van der Waals surface area contributed by atoms with Gasteiger partial charge >= 0.3 is 0 Å². The van der Waals surface area contributed by atoms with Crippen LogP contribution in [0.2, 0.25) is 0 Å². The van der Waals surface area contributed by atoms with Crippen LogP contribution in [0, 0.1) is 5.92 Å². The van der Waals surface area contributed by atoms with Crippen LogP contribution in [0.25, 0.3) is 0 Å². The normalized spacial score (nSPS) is 22.2. The Morgan fingerprint density at radius 3 is 2.76 bits per heavy atom. The molecule has 0 bridgehead atoms. The zero-order valence-corrected chi connectivity index (χ0v) is 10.7. The Hall–Kier alpha value is -1.10. The molecule has 2 unspecified atom stereocenters. The predicted octanol–water partition coefficient (Wildman–Crippen LogP) is 0.0984. The van der Waals surface area contributed by atoms with Gasteiger partial charge in [0.25, 0.3) is 0 Å². The lowest BCUT2D eigenvalue weighted by atomic mass is 9.99. The molecule has 0 aliphatic carbocycles. The van der Waals surface area contributed by atoms with Crippen LogP contribution in [0.4, 0.5) is 0 Å². The minimum atomic E-state index is -0.402. The summed E-state index contributed by atoms with van der Waals surface area (Å²) in [6, 6.07) is -0.402. The highest BCUT2D eigenvalue weighted by Crippen LogP contribution is 2.19. The van der Waals surface area contributed by atoms with Crippen LogP contribution in [-0.4, -0.2) is 42.4 Å². The topological polar surface area (TPSA) is 75.4 Å². The van der Waals surface area contributed by atoms with Crippen LogP contribution < -0.4 is 11.1 Å². The average Bonchev–Trinajstić information content (AvgIpc) is 2.34. The number of nitrogens with one attached hydrogen (secondary N) is 1. The molecule has 1 heterocycles. The summed E-state index contributed by atoms with van der Waals surface area (Å²) < 4.78 is 0. The molecule has 2 atom stereocenters. The Bertz CT molecular complexity index is 281. The van der Waals surface area contributed by atoms with E-state index in [1.54, 1.807) is 4.90 Å². The fraction of sp³-hybridized carbons (Fsp3) is 0.833. The van der Waals surface area contributed by atoms with Crippen LogP contribution in [0.5, 0.6) is 0 Å². The van der Waals surface area contributed by atoms with Crippen molar-refractivity contribution in [2.75, 3.05) is 19.6 Å². The third-order valence-electron chi connectivity index (χ3n) is 3.24. The predicted molar refractivity (Wildman–Crippen MR) is 66.3 cm³/mol. The first-order valence-electron chi connectivity index (χ1n) is 6.38. The second kappa shape index (κ2) is 6.59. The Kier molecular flexibility index (Phi) is 5.41. The highest BCUT2D eigenvalue weighted by molar-refractivity contribution is 5.87. The summed E-state index contributed by atoms with van der Waals surface area (Å²) in [5.74, 6) is -0.446. The van der Waals surface area contributed by atoms with E-state index in [0.717, 1.165) is 19.4 Å². The van der Waals surface area contributed by atoms with Crippen molar-refractivity contribution in [3.8, 4) is 0 Å². The van der Waals surface area contributed by atoms with Gasteiger partial charge in [-0.15, -0.1) is 0 Å². The summed E-state index contributed by atoms with van der Waals surface area (Å²) in [5, 5.41) is 3.15. The molecule has 2 amide bonds. The number of rotatable bonds is 5. The molecule has 0 saturated carbocycles. The summed E-state index contributed by atoms with van der Waals surface area (Å²) in [4.78, 5) is 25.2. The molecular weight excluding hydrogens is 218 g/mol. The monoisotopic (exact) mass is 241 g/mol. The number of carbonyl (C=O) groups excluding carboxylic acids is 2. The van der Waals surface area contributed by atoms with Gasteiger partial charge in [0, 0.05) is 19.0 Å². The standard InChI is InChI=1S/C12H23N3O2/c1-3-14-8-9(2)12(17)15-7-5-4-6-10(15)11(13)16/h9-10,14H,3-8H2,1-2H3,(H2,13,16). The zero-order valence-electron chi connectivity index (χ0n) is 10.7. The number of carbonyl (C=O) groups is 2. The van der Waals surface area contributed by atoms with E-state index in [4.69, 9.17) is 5.73 Å². The Balaban J connectivity index is 2.61. The molecule has 17 heavy (non-hydrogen) atoms.